The summed E-state index contributed by atoms with van der Waals surface area (Å²) in [5.41, 5.74) is 2.61. The number of benzene rings is 1. The fourth-order valence-electron chi connectivity index (χ4n) is 6.12. The summed E-state index contributed by atoms with van der Waals surface area (Å²) in [4.78, 5) is 30.2. The van der Waals surface area contributed by atoms with E-state index in [4.69, 9.17) is 0 Å². The number of aromatic nitrogens is 3. The summed E-state index contributed by atoms with van der Waals surface area (Å²) in [6.07, 6.45) is 7.44. The second-order valence-electron chi connectivity index (χ2n) is 10.7. The summed E-state index contributed by atoms with van der Waals surface area (Å²) in [5.74, 6) is 1.63. The minimum Gasteiger partial charge on any atom is -0.380 e. The van der Waals surface area contributed by atoms with Crippen LogP contribution in [0.3, 0.4) is 0 Å². The maximum absolute atomic E-state index is 13.1. The molecule has 6 rings (SSSR count). The molecule has 0 spiro atoms. The van der Waals surface area contributed by atoms with Gasteiger partial charge in [-0.1, -0.05) is 51.1 Å². The molecule has 3 saturated carbocycles. The first kappa shape index (κ1) is 24.7. The van der Waals surface area contributed by atoms with Crippen molar-refractivity contribution in [1.29, 1.82) is 0 Å². The normalized spacial score (nSPS) is 24.9. The third-order valence-electron chi connectivity index (χ3n) is 8.45. The van der Waals surface area contributed by atoms with Crippen molar-refractivity contribution in [3.8, 4) is 0 Å². The molecule has 2 bridgehead atoms. The molecule has 5 atom stereocenters. The number of fused-ring (bicyclic) bond motifs is 2. The number of halogens is 1. The molecular weight excluding hydrogens is 518 g/mol. The van der Waals surface area contributed by atoms with Gasteiger partial charge in [0, 0.05) is 18.4 Å². The van der Waals surface area contributed by atoms with Gasteiger partial charge < -0.3 is 10.6 Å². The van der Waals surface area contributed by atoms with Gasteiger partial charge in [0.1, 0.15) is 11.0 Å². The summed E-state index contributed by atoms with van der Waals surface area (Å²) >= 11 is 3.47. The lowest BCUT2D eigenvalue weighted by Crippen LogP contribution is -2.58. The van der Waals surface area contributed by atoms with Gasteiger partial charge >= 0.3 is 0 Å². The Labute approximate surface area is 219 Å². The molecule has 36 heavy (non-hydrogen) atoms. The van der Waals surface area contributed by atoms with Gasteiger partial charge in [-0.05, 0) is 75.2 Å². The van der Waals surface area contributed by atoms with Gasteiger partial charge in [0.25, 0.3) is 5.56 Å². The fraction of sp³-hybridized carbons (Fsp3) is 0.429. The summed E-state index contributed by atoms with van der Waals surface area (Å²) in [6, 6.07) is 13.4. The predicted molar refractivity (Wildman–Crippen MR) is 143 cm³/mol. The van der Waals surface area contributed by atoms with Gasteiger partial charge in [-0.25, -0.2) is 4.68 Å². The number of rotatable bonds is 7. The molecule has 0 aliphatic heterocycles. The molecule has 3 aliphatic rings. The Bertz CT molecular complexity index is 1250. The van der Waals surface area contributed by atoms with Crippen LogP contribution < -0.4 is 16.2 Å². The highest BCUT2D eigenvalue weighted by atomic mass is 79.9. The lowest BCUT2D eigenvalue weighted by atomic mass is 9.45. The molecule has 3 fully saturated rings. The number of carbonyl (C=O) groups is 1. The van der Waals surface area contributed by atoms with Crippen LogP contribution in [0, 0.1) is 23.2 Å². The average Bonchev–Trinajstić information content (AvgIpc) is 2.88. The highest BCUT2D eigenvalue weighted by Gasteiger charge is 2.56. The zero-order valence-corrected chi connectivity index (χ0v) is 22.4. The second kappa shape index (κ2) is 9.81. The van der Waals surface area contributed by atoms with E-state index in [9.17, 15) is 9.59 Å². The Morgan fingerprint density at radius 2 is 1.83 bits per heavy atom. The van der Waals surface area contributed by atoms with Gasteiger partial charge in [0.15, 0.2) is 0 Å². The second-order valence-corrected chi connectivity index (χ2v) is 11.5. The van der Waals surface area contributed by atoms with E-state index in [1.165, 1.54) is 11.1 Å². The van der Waals surface area contributed by atoms with Crippen LogP contribution in [0.2, 0.25) is 0 Å². The molecule has 1 unspecified atom stereocenters. The fourth-order valence-corrected chi connectivity index (χ4v) is 6.54. The molecular formula is C28H32BrN5O2. The molecule has 1 aromatic carbocycles. The van der Waals surface area contributed by atoms with Crippen molar-refractivity contribution in [2.24, 2.45) is 23.2 Å². The van der Waals surface area contributed by atoms with E-state index in [1.807, 2.05) is 42.5 Å². The van der Waals surface area contributed by atoms with Crippen molar-refractivity contribution in [3.05, 3.63) is 87.0 Å². The van der Waals surface area contributed by atoms with Gasteiger partial charge in [0.2, 0.25) is 5.91 Å². The molecule has 2 heterocycles. The monoisotopic (exact) mass is 549 g/mol. The molecule has 2 aromatic heterocycles. The molecule has 0 saturated heterocycles. The van der Waals surface area contributed by atoms with E-state index in [0.717, 1.165) is 17.5 Å². The van der Waals surface area contributed by atoms with Crippen molar-refractivity contribution in [3.63, 3.8) is 0 Å². The number of nitrogens with one attached hydrogen (secondary N) is 2. The third-order valence-corrected chi connectivity index (χ3v) is 9.22. The Kier molecular flexibility index (Phi) is 6.72. The number of nitrogens with zero attached hydrogens (tertiary/aromatic N) is 3. The van der Waals surface area contributed by atoms with E-state index in [2.05, 4.69) is 57.4 Å². The van der Waals surface area contributed by atoms with Gasteiger partial charge in [-0.15, -0.1) is 0 Å². The zero-order chi connectivity index (χ0) is 25.4. The van der Waals surface area contributed by atoms with E-state index >= 15 is 0 Å². The maximum Gasteiger partial charge on any atom is 0.283 e. The smallest absolute Gasteiger partial charge is 0.283 e. The first-order chi connectivity index (χ1) is 17.3. The van der Waals surface area contributed by atoms with Crippen molar-refractivity contribution in [2.45, 2.75) is 52.2 Å². The van der Waals surface area contributed by atoms with Crippen LogP contribution in [-0.2, 0) is 11.3 Å². The van der Waals surface area contributed by atoms with E-state index in [1.54, 1.807) is 18.6 Å². The summed E-state index contributed by atoms with van der Waals surface area (Å²) in [7, 11) is 0. The van der Waals surface area contributed by atoms with Gasteiger partial charge in [0.05, 0.1) is 17.9 Å². The lowest BCUT2D eigenvalue weighted by molar-refractivity contribution is -0.122. The minimum atomic E-state index is -0.356. The molecule has 1 amide bonds. The van der Waals surface area contributed by atoms with Crippen LogP contribution >= 0.6 is 15.9 Å². The highest BCUT2D eigenvalue weighted by molar-refractivity contribution is 9.10. The number of pyridine rings is 1. The summed E-state index contributed by atoms with van der Waals surface area (Å²) in [5, 5.41) is 10.9. The van der Waals surface area contributed by atoms with Crippen LogP contribution in [0.5, 0.6) is 0 Å². The number of hydrogen-bond donors (Lipinski definition) is 2. The molecule has 188 valence electrons. The largest absolute Gasteiger partial charge is 0.380 e. The summed E-state index contributed by atoms with van der Waals surface area (Å²) in [6.45, 7) is 6.88. The topological polar surface area (TPSA) is 88.9 Å². The number of hydrogen-bond acceptors (Lipinski definition) is 5. The van der Waals surface area contributed by atoms with Crippen molar-refractivity contribution in [1.82, 2.24) is 20.1 Å². The third kappa shape index (κ3) is 4.59. The average molecular weight is 551 g/mol. The Balaban J connectivity index is 1.29. The van der Waals surface area contributed by atoms with Crippen molar-refractivity contribution < 1.29 is 4.79 Å². The maximum atomic E-state index is 13.1. The van der Waals surface area contributed by atoms with Crippen LogP contribution in [0.25, 0.3) is 0 Å². The summed E-state index contributed by atoms with van der Waals surface area (Å²) < 4.78 is 1.61. The molecule has 8 heteroatoms. The van der Waals surface area contributed by atoms with Gasteiger partial charge in [-0.2, -0.15) is 5.10 Å². The Hall–Kier alpha value is -3.00. The van der Waals surface area contributed by atoms with E-state index < -0.39 is 0 Å². The Morgan fingerprint density at radius 1 is 1.14 bits per heavy atom. The Morgan fingerprint density at radius 3 is 2.50 bits per heavy atom. The quantitative estimate of drug-likeness (QED) is 0.442. The molecule has 2 N–H and O–H groups in total. The van der Waals surface area contributed by atoms with E-state index in [0.29, 0.717) is 39.4 Å². The number of amides is 1. The van der Waals surface area contributed by atoms with Crippen LogP contribution in [0.4, 0.5) is 5.69 Å². The van der Waals surface area contributed by atoms with Gasteiger partial charge in [-0.3, -0.25) is 14.6 Å². The van der Waals surface area contributed by atoms with Crippen LogP contribution in [0.1, 0.15) is 50.8 Å². The molecule has 3 aliphatic carbocycles. The standard InChI is InChI=1S/C28H32BrN5O2/c1-17-21-13-20(28(21,2)3)14-22(17)32-23-15-31-34(27(36)25(23)29)16-24(35)33-26(18-7-5-4-6-8-18)19-9-11-30-12-10-19/h4-12,15,17,20-22,26,32H,13-14,16H2,1-3H3,(H,33,35)/t17-,20+,21-,22-,26?/m1/s1. The molecule has 0 radical (unpaired) electrons. The zero-order valence-electron chi connectivity index (χ0n) is 20.8. The minimum absolute atomic E-state index is 0.176. The van der Waals surface area contributed by atoms with Crippen molar-refractivity contribution in [2.75, 3.05) is 5.32 Å². The number of anilines is 1. The van der Waals surface area contributed by atoms with Crippen molar-refractivity contribution >= 4 is 27.5 Å². The molecule has 7 nitrogen and oxygen atoms in total. The first-order valence-electron chi connectivity index (χ1n) is 12.5. The van der Waals surface area contributed by atoms with E-state index in [-0.39, 0.29) is 24.1 Å². The lowest BCUT2D eigenvalue weighted by Gasteiger charge is -2.62. The van der Waals surface area contributed by atoms with Crippen LogP contribution in [-0.4, -0.2) is 26.7 Å². The first-order valence-corrected chi connectivity index (χ1v) is 13.3. The SMILES string of the molecule is C[C@@H]1[C@H]2C[C@@H](C[C@H]1Nc1cnn(CC(=O)NC(c3ccccc3)c3ccncc3)c(=O)c1Br)C2(C)C. The van der Waals surface area contributed by atoms with Crippen LogP contribution in [0.15, 0.2) is 70.3 Å². The number of carbonyl (C=O) groups excluding carboxylic acids is 1. The predicted octanol–water partition coefficient (Wildman–Crippen LogP) is 4.79. The molecule has 3 aromatic rings. The highest BCUT2D eigenvalue weighted by Crippen LogP contribution is 2.61.